The van der Waals surface area contributed by atoms with Crippen LogP contribution < -0.4 is 10.6 Å². The van der Waals surface area contributed by atoms with E-state index in [1.165, 1.54) is 22.3 Å². The van der Waals surface area contributed by atoms with Crippen LogP contribution in [0.2, 0.25) is 0 Å². The van der Waals surface area contributed by atoms with Crippen molar-refractivity contribution in [3.8, 4) is 0 Å². The number of nitrogens with one attached hydrogen (secondary N) is 2. The van der Waals surface area contributed by atoms with Crippen molar-refractivity contribution in [2.24, 2.45) is 9.98 Å². The van der Waals surface area contributed by atoms with Gasteiger partial charge < -0.3 is 10.6 Å². The highest BCUT2D eigenvalue weighted by molar-refractivity contribution is 8.13. The molecule has 31 heavy (non-hydrogen) atoms. The van der Waals surface area contributed by atoms with Crippen LogP contribution in [-0.4, -0.2) is 35.9 Å². The van der Waals surface area contributed by atoms with Crippen LogP contribution in [0.1, 0.15) is 41.5 Å². The first kappa shape index (κ1) is 25.3. The number of hydrogen-bond donors (Lipinski definition) is 2. The molecule has 0 radical (unpaired) electrons. The molecule has 4 nitrogen and oxygen atoms in total. The summed E-state index contributed by atoms with van der Waals surface area (Å²) in [7, 11) is 0. The molecular weight excluding hydrogens is 420 g/mol. The summed E-state index contributed by atoms with van der Waals surface area (Å²) in [5, 5.41) is 8.96. The van der Waals surface area contributed by atoms with E-state index in [2.05, 4.69) is 87.2 Å². The standard InChI is InChI=1S/C25H36N4S2/c1-18-12-10-13-19(2)22(18)28-24(30-5)26-16-8-7-9-17-27-25(31-6)29-23-20(3)14-11-15-21(23)4/h10-15H,7-9,16-17H2,1-6H3,(H,26,28)(H,27,29). The molecule has 0 aliphatic heterocycles. The molecule has 0 aliphatic carbocycles. The zero-order chi connectivity index (χ0) is 22.6. The monoisotopic (exact) mass is 456 g/mol. The highest BCUT2D eigenvalue weighted by atomic mass is 32.2. The first-order valence-electron chi connectivity index (χ1n) is 10.8. The molecule has 0 aliphatic rings. The Balaban J connectivity index is 1.75. The number of aryl methyl sites for hydroxylation is 4. The predicted octanol–water partition coefficient (Wildman–Crippen LogP) is 6.67. The van der Waals surface area contributed by atoms with Gasteiger partial charge in [0, 0.05) is 13.1 Å². The van der Waals surface area contributed by atoms with E-state index < -0.39 is 0 Å². The molecule has 168 valence electrons. The minimum atomic E-state index is 0.941. The van der Waals surface area contributed by atoms with Crippen molar-refractivity contribution >= 4 is 45.2 Å². The van der Waals surface area contributed by atoms with Gasteiger partial charge in [0.15, 0.2) is 10.3 Å². The Hall–Kier alpha value is -1.92. The Morgan fingerprint density at radius 3 is 1.32 bits per heavy atom. The van der Waals surface area contributed by atoms with E-state index >= 15 is 0 Å². The van der Waals surface area contributed by atoms with Gasteiger partial charge in [-0.2, -0.15) is 0 Å². The molecule has 0 spiro atoms. The zero-order valence-electron chi connectivity index (χ0n) is 19.7. The Labute approximate surface area is 196 Å². The molecule has 2 rings (SSSR count). The van der Waals surface area contributed by atoms with Crippen molar-refractivity contribution in [1.82, 2.24) is 10.6 Å². The van der Waals surface area contributed by atoms with Crippen LogP contribution in [0.4, 0.5) is 11.4 Å². The fraction of sp³-hybridized carbons (Fsp3) is 0.440. The minimum absolute atomic E-state index is 0.941. The maximum Gasteiger partial charge on any atom is 0.161 e. The molecular formula is C25H36N4S2. The maximum absolute atomic E-state index is 4.84. The quantitative estimate of drug-likeness (QED) is 0.264. The Kier molecular flexibility index (Phi) is 11.0. The molecule has 0 atom stereocenters. The zero-order valence-corrected chi connectivity index (χ0v) is 21.3. The van der Waals surface area contributed by atoms with E-state index in [-0.39, 0.29) is 0 Å². The summed E-state index contributed by atoms with van der Waals surface area (Å²) in [5.41, 5.74) is 7.02. The van der Waals surface area contributed by atoms with Crippen LogP contribution in [0.25, 0.3) is 0 Å². The molecule has 0 unspecified atom stereocenters. The average Bonchev–Trinajstić information content (AvgIpc) is 2.75. The molecule has 6 heteroatoms. The number of rotatable bonds is 8. The van der Waals surface area contributed by atoms with E-state index in [9.17, 15) is 0 Å². The normalized spacial score (nSPS) is 12.2. The van der Waals surface area contributed by atoms with Gasteiger partial charge in [0.1, 0.15) is 0 Å². The van der Waals surface area contributed by atoms with Gasteiger partial charge in [-0.05, 0) is 81.7 Å². The first-order chi connectivity index (χ1) is 15.0. The van der Waals surface area contributed by atoms with Gasteiger partial charge >= 0.3 is 0 Å². The lowest BCUT2D eigenvalue weighted by Crippen LogP contribution is -2.23. The summed E-state index contributed by atoms with van der Waals surface area (Å²) in [5.74, 6) is 0. The van der Waals surface area contributed by atoms with Gasteiger partial charge in [0.2, 0.25) is 0 Å². The van der Waals surface area contributed by atoms with Crippen LogP contribution in [0, 0.1) is 27.7 Å². The molecule has 2 aromatic rings. The number of benzene rings is 2. The van der Waals surface area contributed by atoms with Gasteiger partial charge in [-0.1, -0.05) is 59.9 Å². The highest BCUT2D eigenvalue weighted by Gasteiger charge is 2.05. The summed E-state index contributed by atoms with van der Waals surface area (Å²) in [6.45, 7) is 10.3. The van der Waals surface area contributed by atoms with Crippen LogP contribution in [0.3, 0.4) is 0 Å². The van der Waals surface area contributed by atoms with Gasteiger partial charge in [-0.3, -0.25) is 0 Å². The second kappa shape index (κ2) is 13.5. The Morgan fingerprint density at radius 2 is 1.00 bits per heavy atom. The second-order valence-electron chi connectivity index (χ2n) is 7.64. The lowest BCUT2D eigenvalue weighted by atomic mass is 10.1. The van der Waals surface area contributed by atoms with Gasteiger partial charge in [0.05, 0.1) is 11.4 Å². The van der Waals surface area contributed by atoms with Crippen molar-refractivity contribution in [3.63, 3.8) is 0 Å². The van der Waals surface area contributed by atoms with E-state index in [0.29, 0.717) is 0 Å². The van der Waals surface area contributed by atoms with Crippen molar-refractivity contribution in [2.75, 3.05) is 25.6 Å². The number of nitrogens with zero attached hydrogens (tertiary/aromatic N) is 2. The number of hydrogen-bond acceptors (Lipinski definition) is 4. The third-order valence-electron chi connectivity index (χ3n) is 5.10. The minimum Gasteiger partial charge on any atom is -0.365 e. The first-order valence-corrected chi connectivity index (χ1v) is 13.3. The molecule has 2 aromatic carbocycles. The molecule has 0 saturated carbocycles. The molecule has 0 fully saturated rings. The topological polar surface area (TPSA) is 48.8 Å². The maximum atomic E-state index is 4.84. The fourth-order valence-corrected chi connectivity index (χ4v) is 4.16. The second-order valence-corrected chi connectivity index (χ2v) is 9.23. The highest BCUT2D eigenvalue weighted by Crippen LogP contribution is 2.25. The van der Waals surface area contributed by atoms with Gasteiger partial charge in [-0.15, -0.1) is 0 Å². The average molecular weight is 457 g/mol. The number of para-hydroxylation sites is 2. The lowest BCUT2D eigenvalue weighted by molar-refractivity contribution is 0.655. The summed E-state index contributed by atoms with van der Waals surface area (Å²) in [6, 6.07) is 12.6. The number of amidine groups is 2. The van der Waals surface area contributed by atoms with Crippen LogP contribution in [0.15, 0.2) is 46.4 Å². The Bertz CT molecular complexity index is 792. The molecule has 2 N–H and O–H groups in total. The molecule has 0 saturated heterocycles. The summed E-state index contributed by atoms with van der Waals surface area (Å²) >= 11 is 3.34. The van der Waals surface area contributed by atoms with E-state index in [0.717, 1.165) is 54.1 Å². The molecule has 0 bridgehead atoms. The van der Waals surface area contributed by atoms with Crippen LogP contribution >= 0.6 is 23.5 Å². The summed E-state index contributed by atoms with van der Waals surface area (Å²) in [6.07, 6.45) is 7.55. The number of unbranched alkanes of at least 4 members (excludes halogenated alkanes) is 2. The third kappa shape index (κ3) is 8.26. The number of aliphatic imine (C=N–C) groups is 2. The van der Waals surface area contributed by atoms with Gasteiger partial charge in [-0.25, -0.2) is 9.98 Å². The van der Waals surface area contributed by atoms with E-state index in [4.69, 9.17) is 9.98 Å². The molecule has 0 amide bonds. The lowest BCUT2D eigenvalue weighted by Gasteiger charge is -2.11. The summed E-state index contributed by atoms with van der Waals surface area (Å²) in [4.78, 5) is 9.67. The summed E-state index contributed by atoms with van der Waals surface area (Å²) < 4.78 is 0. The largest absolute Gasteiger partial charge is 0.365 e. The van der Waals surface area contributed by atoms with Crippen molar-refractivity contribution in [2.45, 2.75) is 47.0 Å². The SMILES string of the molecule is CS/C(=N\c1c(C)cccc1C)NCCCCCN/C(=N/c1c(C)cccc1C)SC. The van der Waals surface area contributed by atoms with E-state index in [1.807, 2.05) is 0 Å². The predicted molar refractivity (Wildman–Crippen MR) is 143 cm³/mol. The van der Waals surface area contributed by atoms with Gasteiger partial charge in [0.25, 0.3) is 0 Å². The van der Waals surface area contributed by atoms with Crippen LogP contribution in [0.5, 0.6) is 0 Å². The van der Waals surface area contributed by atoms with E-state index in [1.54, 1.807) is 23.5 Å². The Morgan fingerprint density at radius 1 is 0.645 bits per heavy atom. The van der Waals surface area contributed by atoms with Crippen molar-refractivity contribution < 1.29 is 0 Å². The van der Waals surface area contributed by atoms with Crippen molar-refractivity contribution in [3.05, 3.63) is 58.7 Å². The third-order valence-corrected chi connectivity index (χ3v) is 6.34. The van der Waals surface area contributed by atoms with Crippen LogP contribution in [-0.2, 0) is 0 Å². The smallest absolute Gasteiger partial charge is 0.161 e. The van der Waals surface area contributed by atoms with Crippen molar-refractivity contribution in [1.29, 1.82) is 0 Å². The molecule has 0 aromatic heterocycles. The molecule has 0 heterocycles. The fourth-order valence-electron chi connectivity index (χ4n) is 3.30. The number of thioether (sulfide) groups is 2.